The molecule has 14 nitrogen and oxygen atoms in total. The summed E-state index contributed by atoms with van der Waals surface area (Å²) in [4.78, 5) is 47.9. The van der Waals surface area contributed by atoms with Crippen molar-refractivity contribution in [1.29, 1.82) is 0 Å². The molecule has 4 heterocycles. The number of nitrogens with one attached hydrogen (secondary N) is 1. The number of carboxylic acid groups (broad SMARTS) is 1. The first-order valence-corrected chi connectivity index (χ1v) is 13.0. The van der Waals surface area contributed by atoms with Crippen molar-refractivity contribution in [3.05, 3.63) is 20.8 Å². The molecule has 2 amide bonds. The Labute approximate surface area is 212 Å². The van der Waals surface area contributed by atoms with Crippen molar-refractivity contribution in [1.82, 2.24) is 35.4 Å². The second kappa shape index (κ2) is 9.88. The van der Waals surface area contributed by atoms with Gasteiger partial charge in [0.2, 0.25) is 5.16 Å². The number of thioether (sulfide) groups is 2. The SMILES string of the molecule is CON=C(C(=O)NC1C(=O)N2C(C(=O)O)=C(CSc3nnnn3C)CS[C@H]12)c1nc(N)sc1Br. The van der Waals surface area contributed by atoms with Crippen LogP contribution in [0.3, 0.4) is 0 Å². The van der Waals surface area contributed by atoms with E-state index >= 15 is 0 Å². The molecular formula is C16H16BrN9O5S3. The molecule has 0 bridgehead atoms. The first-order chi connectivity index (χ1) is 16.2. The number of carboxylic acids is 1. The molecule has 2 aliphatic rings. The minimum absolute atomic E-state index is 0.0947. The molecule has 2 aliphatic heterocycles. The van der Waals surface area contributed by atoms with Crippen LogP contribution in [0, 0.1) is 0 Å². The molecule has 34 heavy (non-hydrogen) atoms. The fraction of sp³-hybridized carbons (Fsp3) is 0.375. The molecule has 18 heteroatoms. The van der Waals surface area contributed by atoms with E-state index in [0.717, 1.165) is 11.3 Å². The van der Waals surface area contributed by atoms with Crippen LogP contribution < -0.4 is 11.1 Å². The van der Waals surface area contributed by atoms with Crippen LogP contribution in [0.25, 0.3) is 0 Å². The fourth-order valence-electron chi connectivity index (χ4n) is 3.25. The lowest BCUT2D eigenvalue weighted by Gasteiger charge is -2.49. The summed E-state index contributed by atoms with van der Waals surface area (Å²) < 4.78 is 1.94. The molecule has 0 radical (unpaired) electrons. The number of hydrogen-bond acceptors (Lipinski definition) is 13. The number of nitrogens with zero attached hydrogens (tertiary/aromatic N) is 7. The van der Waals surface area contributed by atoms with Gasteiger partial charge in [-0.1, -0.05) is 28.3 Å². The molecule has 1 unspecified atom stereocenters. The average molecular weight is 590 g/mol. The predicted octanol–water partition coefficient (Wildman–Crippen LogP) is -0.107. The number of nitrogen functional groups attached to an aromatic ring is 1. The highest BCUT2D eigenvalue weighted by atomic mass is 79.9. The molecule has 1 fully saturated rings. The quantitative estimate of drug-likeness (QED) is 0.160. The van der Waals surface area contributed by atoms with Crippen molar-refractivity contribution in [3.8, 4) is 0 Å². The lowest BCUT2D eigenvalue weighted by Crippen LogP contribution is -2.71. The van der Waals surface area contributed by atoms with Crippen LogP contribution in [-0.4, -0.2) is 88.7 Å². The van der Waals surface area contributed by atoms with Crippen molar-refractivity contribution in [2.24, 2.45) is 12.2 Å². The molecular weight excluding hydrogens is 574 g/mol. The smallest absolute Gasteiger partial charge is 0.352 e. The molecule has 4 N–H and O–H groups in total. The number of thiazole rings is 1. The van der Waals surface area contributed by atoms with E-state index in [9.17, 15) is 19.5 Å². The Balaban J connectivity index is 1.51. The molecule has 0 aromatic carbocycles. The number of rotatable bonds is 8. The van der Waals surface area contributed by atoms with Crippen molar-refractivity contribution in [3.63, 3.8) is 0 Å². The van der Waals surface area contributed by atoms with Gasteiger partial charge in [0.15, 0.2) is 10.8 Å². The van der Waals surface area contributed by atoms with Gasteiger partial charge in [0.25, 0.3) is 11.8 Å². The van der Waals surface area contributed by atoms with E-state index in [1.54, 1.807) is 7.05 Å². The zero-order valence-electron chi connectivity index (χ0n) is 17.5. The van der Waals surface area contributed by atoms with Crippen LogP contribution in [-0.2, 0) is 26.3 Å². The van der Waals surface area contributed by atoms with Gasteiger partial charge in [0.05, 0.1) is 0 Å². The largest absolute Gasteiger partial charge is 0.477 e. The number of carbonyl (C=O) groups excluding carboxylic acids is 2. The zero-order chi connectivity index (χ0) is 24.6. The molecule has 0 spiro atoms. The van der Waals surface area contributed by atoms with Crippen molar-refractivity contribution in [2.75, 3.05) is 24.3 Å². The van der Waals surface area contributed by atoms with E-state index < -0.39 is 29.2 Å². The number of hydrogen-bond donors (Lipinski definition) is 3. The molecule has 2 atom stereocenters. The first kappa shape index (κ1) is 24.4. The summed E-state index contributed by atoms with van der Waals surface area (Å²) in [6.45, 7) is 0. The molecule has 0 aliphatic carbocycles. The van der Waals surface area contributed by atoms with Crippen LogP contribution in [0.5, 0.6) is 0 Å². The van der Waals surface area contributed by atoms with Crippen LogP contribution >= 0.6 is 50.8 Å². The molecule has 4 rings (SSSR count). The Hall–Kier alpha value is -2.70. The van der Waals surface area contributed by atoms with E-state index in [4.69, 9.17) is 10.6 Å². The molecule has 0 saturated carbocycles. The fourth-order valence-corrected chi connectivity index (χ4v) is 6.91. The molecule has 1 saturated heterocycles. The number of halogens is 1. The van der Waals surface area contributed by atoms with E-state index in [1.165, 1.54) is 40.2 Å². The van der Waals surface area contributed by atoms with Gasteiger partial charge in [-0.15, -0.1) is 16.9 Å². The summed E-state index contributed by atoms with van der Waals surface area (Å²) in [5, 5.41) is 27.4. The summed E-state index contributed by atoms with van der Waals surface area (Å²) in [6.07, 6.45) is 0. The number of fused-ring (bicyclic) bond motifs is 1. The summed E-state index contributed by atoms with van der Waals surface area (Å²) in [7, 11) is 2.94. The minimum atomic E-state index is -1.22. The van der Waals surface area contributed by atoms with E-state index in [0.29, 0.717) is 26.0 Å². The van der Waals surface area contributed by atoms with Gasteiger partial charge in [-0.3, -0.25) is 14.5 Å². The van der Waals surface area contributed by atoms with E-state index in [2.05, 4.69) is 46.9 Å². The Bertz CT molecular complexity index is 1230. The van der Waals surface area contributed by atoms with Crippen LogP contribution in [0.15, 0.2) is 25.4 Å². The number of nitrogens with two attached hydrogens (primary N) is 1. The normalized spacial score (nSPS) is 20.1. The Morgan fingerprint density at radius 3 is 2.82 bits per heavy atom. The Morgan fingerprint density at radius 2 is 2.24 bits per heavy atom. The molecule has 180 valence electrons. The monoisotopic (exact) mass is 589 g/mol. The average Bonchev–Trinajstić information content (AvgIpc) is 3.36. The first-order valence-electron chi connectivity index (χ1n) is 9.32. The number of aliphatic carboxylic acids is 1. The second-order valence-corrected chi connectivity index (χ2v) is 11.2. The highest BCUT2D eigenvalue weighted by Gasteiger charge is 2.54. The maximum Gasteiger partial charge on any atom is 0.352 e. The summed E-state index contributed by atoms with van der Waals surface area (Å²) in [5.41, 5.74) is 6.16. The Kier molecular flexibility index (Phi) is 7.10. The van der Waals surface area contributed by atoms with Gasteiger partial charge in [-0.25, -0.2) is 14.5 Å². The van der Waals surface area contributed by atoms with Gasteiger partial charge in [-0.05, 0) is 31.9 Å². The second-order valence-electron chi connectivity index (χ2n) is 6.79. The number of aromatic nitrogens is 5. The zero-order valence-corrected chi connectivity index (χ0v) is 21.5. The Morgan fingerprint density at radius 1 is 1.47 bits per heavy atom. The predicted molar refractivity (Wildman–Crippen MR) is 127 cm³/mol. The lowest BCUT2D eigenvalue weighted by atomic mass is 10.0. The highest BCUT2D eigenvalue weighted by Crippen LogP contribution is 2.41. The topological polar surface area (TPSA) is 191 Å². The summed E-state index contributed by atoms with van der Waals surface area (Å²) >= 11 is 7.00. The molecule has 2 aromatic rings. The number of amides is 2. The van der Waals surface area contributed by atoms with E-state index in [-0.39, 0.29) is 22.2 Å². The van der Waals surface area contributed by atoms with Gasteiger partial charge in [-0.2, -0.15) is 0 Å². The standard InChI is InChI=1S/C16H16BrN9O5S3/c1-25-16(21-23-24-25)33-4-5-3-32-13-8(12(28)26(13)9(5)14(29)30)19-11(27)7(22-31-2)6-10(17)34-15(18)20-6/h8,13H,3-4H2,1-2H3,(H2,18,20)(H,19,27)(H,29,30)/t8?,13-/m1/s1. The van der Waals surface area contributed by atoms with Crippen LogP contribution in [0.4, 0.5) is 5.13 Å². The third kappa shape index (κ3) is 4.49. The maximum atomic E-state index is 12.9. The van der Waals surface area contributed by atoms with Crippen molar-refractivity contribution >= 4 is 79.4 Å². The van der Waals surface area contributed by atoms with Crippen molar-refractivity contribution in [2.45, 2.75) is 16.6 Å². The van der Waals surface area contributed by atoms with Gasteiger partial charge >= 0.3 is 5.97 Å². The van der Waals surface area contributed by atoms with Crippen LogP contribution in [0.1, 0.15) is 5.69 Å². The number of tetrazole rings is 1. The minimum Gasteiger partial charge on any atom is -0.477 e. The van der Waals surface area contributed by atoms with Gasteiger partial charge in [0, 0.05) is 18.6 Å². The van der Waals surface area contributed by atoms with E-state index in [1.807, 2.05) is 0 Å². The number of β-lactam (4-membered cyclic amide) rings is 1. The molecule has 2 aromatic heterocycles. The number of aryl methyl sites for hydroxylation is 1. The van der Waals surface area contributed by atoms with Gasteiger partial charge < -0.3 is 21.0 Å². The number of carbonyl (C=O) groups is 3. The third-order valence-electron chi connectivity index (χ3n) is 4.72. The summed E-state index contributed by atoms with van der Waals surface area (Å²) in [5.74, 6) is -1.82. The number of oxime groups is 1. The highest BCUT2D eigenvalue weighted by molar-refractivity contribution is 9.11. The third-order valence-corrected chi connectivity index (χ3v) is 8.69. The number of anilines is 1. The lowest BCUT2D eigenvalue weighted by molar-refractivity contribution is -0.150. The van der Waals surface area contributed by atoms with Gasteiger partial charge in [0.1, 0.15) is 33.7 Å². The van der Waals surface area contributed by atoms with Crippen LogP contribution in [0.2, 0.25) is 0 Å². The summed E-state index contributed by atoms with van der Waals surface area (Å²) in [6, 6.07) is -0.944. The van der Waals surface area contributed by atoms with Crippen molar-refractivity contribution < 1.29 is 24.3 Å². The maximum absolute atomic E-state index is 12.9.